The van der Waals surface area contributed by atoms with E-state index in [1.54, 1.807) is 0 Å². The molecule has 0 saturated heterocycles. The quantitative estimate of drug-likeness (QED) is 0.842. The molecular formula is C11H8F3NO. The van der Waals surface area contributed by atoms with Crippen LogP contribution in [0.5, 0.6) is 5.75 Å². The topological polar surface area (TPSA) is 44.0 Å². The van der Waals surface area contributed by atoms with Gasteiger partial charge in [0.15, 0.2) is 0 Å². The normalized spacial score (nSPS) is 11.6. The monoisotopic (exact) mass is 227 g/mol. The van der Waals surface area contributed by atoms with Crippen LogP contribution in [0.15, 0.2) is 24.3 Å². The number of allylic oxidation sites excluding steroid dienone is 1. The van der Waals surface area contributed by atoms with Gasteiger partial charge in [-0.1, -0.05) is 18.2 Å². The molecule has 0 saturated carbocycles. The van der Waals surface area contributed by atoms with Gasteiger partial charge < -0.3 is 5.11 Å². The fraction of sp³-hybridized carbons (Fsp3) is 0.182. The third-order valence-electron chi connectivity index (χ3n) is 1.85. The van der Waals surface area contributed by atoms with E-state index < -0.39 is 17.5 Å². The molecule has 0 bridgehead atoms. The van der Waals surface area contributed by atoms with Crippen LogP contribution < -0.4 is 0 Å². The third-order valence-corrected chi connectivity index (χ3v) is 1.85. The number of phenols is 1. The summed E-state index contributed by atoms with van der Waals surface area (Å²) in [5.74, 6) is -0.801. The zero-order valence-electron chi connectivity index (χ0n) is 8.12. The Morgan fingerprint density at radius 1 is 1.38 bits per heavy atom. The molecule has 0 unspecified atom stereocenters. The summed E-state index contributed by atoms with van der Waals surface area (Å²) >= 11 is 0. The predicted octanol–water partition coefficient (Wildman–Crippen LogP) is 3.34. The van der Waals surface area contributed by atoms with E-state index in [1.165, 1.54) is 18.2 Å². The van der Waals surface area contributed by atoms with Crippen molar-refractivity contribution >= 4 is 6.08 Å². The first kappa shape index (κ1) is 12.1. The molecule has 16 heavy (non-hydrogen) atoms. The van der Waals surface area contributed by atoms with Crippen molar-refractivity contribution < 1.29 is 18.3 Å². The first-order valence-corrected chi connectivity index (χ1v) is 4.39. The molecule has 0 aromatic heterocycles. The first-order valence-electron chi connectivity index (χ1n) is 4.39. The fourth-order valence-corrected chi connectivity index (χ4v) is 1.13. The number of hydrogen-bond donors (Lipinski definition) is 1. The largest absolute Gasteiger partial charge is 0.507 e. The van der Waals surface area contributed by atoms with E-state index in [-0.39, 0.29) is 6.42 Å². The highest BCUT2D eigenvalue weighted by atomic mass is 19.4. The lowest BCUT2D eigenvalue weighted by Crippen LogP contribution is -2.05. The van der Waals surface area contributed by atoms with E-state index in [0.29, 0.717) is 5.56 Å². The Bertz CT molecular complexity index is 444. The van der Waals surface area contributed by atoms with Crippen LogP contribution >= 0.6 is 0 Å². The molecule has 0 aliphatic rings. The number of halogens is 3. The van der Waals surface area contributed by atoms with Gasteiger partial charge in [0, 0.05) is 0 Å². The van der Waals surface area contributed by atoms with Gasteiger partial charge in [-0.05, 0) is 17.7 Å². The number of nitriles is 1. The lowest BCUT2D eigenvalue weighted by molar-refractivity contribution is -0.138. The smallest absolute Gasteiger partial charge is 0.419 e. The van der Waals surface area contributed by atoms with Crippen molar-refractivity contribution in [3.63, 3.8) is 0 Å². The summed E-state index contributed by atoms with van der Waals surface area (Å²) in [5, 5.41) is 17.3. The van der Waals surface area contributed by atoms with Crippen LogP contribution in [-0.4, -0.2) is 5.11 Å². The van der Waals surface area contributed by atoms with Crippen LogP contribution in [0.4, 0.5) is 13.2 Å². The van der Waals surface area contributed by atoms with Crippen molar-refractivity contribution in [3.05, 3.63) is 35.4 Å². The molecule has 1 aromatic carbocycles. The maximum Gasteiger partial charge on any atom is 0.419 e. The predicted molar refractivity (Wildman–Crippen MR) is 52.4 cm³/mol. The number of aromatic hydroxyl groups is 1. The van der Waals surface area contributed by atoms with Crippen LogP contribution in [0.25, 0.3) is 6.08 Å². The lowest BCUT2D eigenvalue weighted by Gasteiger charge is -2.09. The summed E-state index contributed by atoms with van der Waals surface area (Å²) in [6.45, 7) is 0. The second-order valence-corrected chi connectivity index (χ2v) is 3.04. The average molecular weight is 227 g/mol. The van der Waals surface area contributed by atoms with Crippen molar-refractivity contribution in [1.29, 1.82) is 5.26 Å². The zero-order valence-corrected chi connectivity index (χ0v) is 8.12. The molecule has 2 nitrogen and oxygen atoms in total. The molecule has 0 radical (unpaired) electrons. The van der Waals surface area contributed by atoms with Gasteiger partial charge >= 0.3 is 6.18 Å². The number of nitrogens with zero attached hydrogens (tertiary/aromatic N) is 1. The van der Waals surface area contributed by atoms with Gasteiger partial charge in [-0.2, -0.15) is 18.4 Å². The highest BCUT2D eigenvalue weighted by Gasteiger charge is 2.33. The Labute approximate surface area is 90.2 Å². The average Bonchev–Trinajstić information content (AvgIpc) is 2.19. The van der Waals surface area contributed by atoms with Crippen LogP contribution in [-0.2, 0) is 6.18 Å². The van der Waals surface area contributed by atoms with Crippen LogP contribution in [0.3, 0.4) is 0 Å². The molecule has 0 spiro atoms. The van der Waals surface area contributed by atoms with Crippen LogP contribution in [0.1, 0.15) is 17.5 Å². The highest BCUT2D eigenvalue weighted by Crippen LogP contribution is 2.36. The molecular weight excluding hydrogens is 219 g/mol. The molecule has 0 aliphatic carbocycles. The van der Waals surface area contributed by atoms with E-state index in [1.807, 2.05) is 6.07 Å². The number of rotatable bonds is 2. The Hall–Kier alpha value is -1.96. The van der Waals surface area contributed by atoms with Gasteiger partial charge in [-0.15, -0.1) is 0 Å². The molecule has 5 heteroatoms. The van der Waals surface area contributed by atoms with Gasteiger partial charge in [0.05, 0.1) is 18.1 Å². The molecule has 0 heterocycles. The van der Waals surface area contributed by atoms with Crippen molar-refractivity contribution in [2.45, 2.75) is 12.6 Å². The Morgan fingerprint density at radius 3 is 2.62 bits per heavy atom. The maximum absolute atomic E-state index is 12.4. The Kier molecular flexibility index (Phi) is 3.56. The SMILES string of the molecule is N#CCC=Cc1ccc(O)c(C(F)(F)F)c1. The van der Waals surface area contributed by atoms with Gasteiger partial charge in [0.25, 0.3) is 0 Å². The zero-order chi connectivity index (χ0) is 12.2. The minimum atomic E-state index is -4.58. The molecule has 84 valence electrons. The second kappa shape index (κ2) is 4.71. The number of alkyl halides is 3. The number of phenolic OH excluding ortho intramolecular Hbond substituents is 1. The Balaban J connectivity index is 3.04. The van der Waals surface area contributed by atoms with Crippen molar-refractivity contribution in [2.24, 2.45) is 0 Å². The van der Waals surface area contributed by atoms with E-state index in [4.69, 9.17) is 10.4 Å². The fourth-order valence-electron chi connectivity index (χ4n) is 1.13. The molecule has 0 atom stereocenters. The maximum atomic E-state index is 12.4. The van der Waals surface area contributed by atoms with E-state index >= 15 is 0 Å². The molecule has 1 rings (SSSR count). The van der Waals surface area contributed by atoms with Crippen molar-refractivity contribution in [2.75, 3.05) is 0 Å². The van der Waals surface area contributed by atoms with Gasteiger partial charge in [-0.25, -0.2) is 0 Å². The highest BCUT2D eigenvalue weighted by molar-refractivity contribution is 5.54. The van der Waals surface area contributed by atoms with Gasteiger partial charge in [0.1, 0.15) is 5.75 Å². The van der Waals surface area contributed by atoms with E-state index in [9.17, 15) is 13.2 Å². The molecule has 0 aliphatic heterocycles. The molecule has 0 amide bonds. The molecule has 1 N–H and O–H groups in total. The minimum absolute atomic E-state index is 0.127. The van der Waals surface area contributed by atoms with Crippen LogP contribution in [0.2, 0.25) is 0 Å². The van der Waals surface area contributed by atoms with Crippen molar-refractivity contribution in [3.8, 4) is 11.8 Å². The summed E-state index contributed by atoms with van der Waals surface area (Å²) < 4.78 is 37.1. The van der Waals surface area contributed by atoms with Gasteiger partial charge in [0.2, 0.25) is 0 Å². The molecule has 0 fully saturated rings. The standard InChI is InChI=1S/C11H8F3NO/c12-11(13,14)9-7-8(3-1-2-6-15)4-5-10(9)16/h1,3-5,7,16H,2H2. The summed E-state index contributed by atoms with van der Waals surface area (Å²) in [5.41, 5.74) is -0.785. The summed E-state index contributed by atoms with van der Waals surface area (Å²) in [4.78, 5) is 0. The number of benzene rings is 1. The van der Waals surface area contributed by atoms with E-state index in [2.05, 4.69) is 0 Å². The molecule has 1 aromatic rings. The Morgan fingerprint density at radius 2 is 2.06 bits per heavy atom. The van der Waals surface area contributed by atoms with Gasteiger partial charge in [-0.3, -0.25) is 0 Å². The van der Waals surface area contributed by atoms with E-state index in [0.717, 1.165) is 12.1 Å². The van der Waals surface area contributed by atoms with Crippen molar-refractivity contribution in [1.82, 2.24) is 0 Å². The first-order chi connectivity index (χ1) is 7.45. The van der Waals surface area contributed by atoms with Crippen LogP contribution in [0, 0.1) is 11.3 Å². The summed E-state index contributed by atoms with van der Waals surface area (Å²) in [7, 11) is 0. The number of hydrogen-bond acceptors (Lipinski definition) is 2. The minimum Gasteiger partial charge on any atom is -0.507 e. The summed E-state index contributed by atoms with van der Waals surface area (Å²) in [6, 6.07) is 5.00. The summed E-state index contributed by atoms with van der Waals surface area (Å²) in [6.07, 6.45) is -1.60. The third kappa shape index (κ3) is 3.02. The lowest BCUT2D eigenvalue weighted by atomic mass is 10.1. The second-order valence-electron chi connectivity index (χ2n) is 3.04.